The van der Waals surface area contributed by atoms with Crippen molar-refractivity contribution in [2.24, 2.45) is 5.16 Å². The Morgan fingerprint density at radius 3 is 2.38 bits per heavy atom. The van der Waals surface area contributed by atoms with E-state index in [9.17, 15) is 0 Å². The molecule has 0 bridgehead atoms. The average molecular weight is 220 g/mol. The van der Waals surface area contributed by atoms with Gasteiger partial charge < -0.3 is 10.2 Å². The summed E-state index contributed by atoms with van der Waals surface area (Å²) < 4.78 is 0. The molecular weight excluding hydrogens is 200 g/mol. The molecule has 0 radical (unpaired) electrons. The second-order valence-corrected chi connectivity index (χ2v) is 4.05. The molecule has 16 heavy (non-hydrogen) atoms. The van der Waals surface area contributed by atoms with Crippen LogP contribution in [0.1, 0.15) is 32.4 Å². The Kier molecular flexibility index (Phi) is 4.99. The Hall–Kier alpha value is -1.35. The Bertz CT molecular complexity index is 331. The van der Waals surface area contributed by atoms with E-state index in [0.717, 1.165) is 11.3 Å². The van der Waals surface area contributed by atoms with Gasteiger partial charge in [-0.3, -0.25) is 0 Å². The molecule has 2 atom stereocenters. The van der Waals surface area contributed by atoms with Crippen LogP contribution in [0.4, 0.5) is 0 Å². The van der Waals surface area contributed by atoms with Gasteiger partial charge in [-0.1, -0.05) is 35.5 Å². The van der Waals surface area contributed by atoms with Gasteiger partial charge in [0.1, 0.15) is 0 Å². The van der Waals surface area contributed by atoms with E-state index in [2.05, 4.69) is 29.5 Å². The maximum Gasteiger partial charge on any atom is 0.167 e. The van der Waals surface area contributed by atoms with E-state index in [-0.39, 0.29) is 12.1 Å². The molecule has 0 amide bonds. The fourth-order valence-electron chi connectivity index (χ4n) is 1.40. The predicted molar refractivity (Wildman–Crippen MR) is 67.6 cm³/mol. The topological polar surface area (TPSA) is 33.6 Å². The number of oxime groups is 1. The maximum absolute atomic E-state index is 5.57. The number of nitrogens with one attached hydrogen (secondary N) is 1. The first-order valence-corrected chi connectivity index (χ1v) is 5.54. The number of nitrogens with zero attached hydrogens (tertiary/aromatic N) is 1. The Labute approximate surface area is 97.5 Å². The molecule has 0 saturated carbocycles. The van der Waals surface area contributed by atoms with Crippen molar-refractivity contribution in [1.29, 1.82) is 0 Å². The highest BCUT2D eigenvalue weighted by Gasteiger charge is 2.19. The van der Waals surface area contributed by atoms with Crippen molar-refractivity contribution >= 4 is 5.71 Å². The third-order valence-electron chi connectivity index (χ3n) is 2.39. The van der Waals surface area contributed by atoms with Gasteiger partial charge in [-0.2, -0.15) is 0 Å². The van der Waals surface area contributed by atoms with Crippen molar-refractivity contribution in [2.75, 3.05) is 7.05 Å². The second-order valence-electron chi connectivity index (χ2n) is 4.05. The highest BCUT2D eigenvalue weighted by atomic mass is 16.6. The van der Waals surface area contributed by atoms with Gasteiger partial charge in [-0.15, -0.1) is 0 Å². The van der Waals surface area contributed by atoms with Gasteiger partial charge >= 0.3 is 0 Å². The second kappa shape index (κ2) is 6.28. The van der Waals surface area contributed by atoms with Gasteiger partial charge in [0, 0.05) is 6.04 Å². The van der Waals surface area contributed by atoms with Crippen LogP contribution in [-0.2, 0) is 4.84 Å². The number of hydrogen-bond donors (Lipinski definition) is 1. The molecule has 88 valence electrons. The first-order chi connectivity index (χ1) is 7.65. The van der Waals surface area contributed by atoms with Crippen LogP contribution in [-0.4, -0.2) is 18.8 Å². The number of likely N-dealkylation sites (N-methyl/N-ethyl adjacent to an activating group) is 1. The number of benzene rings is 1. The minimum absolute atomic E-state index is 0.0545. The lowest BCUT2D eigenvalue weighted by molar-refractivity contribution is 0.0357. The van der Waals surface area contributed by atoms with Crippen LogP contribution in [0.15, 0.2) is 35.5 Å². The molecule has 0 spiro atoms. The molecule has 0 fully saturated rings. The minimum atomic E-state index is -0.0545. The Morgan fingerprint density at radius 1 is 1.25 bits per heavy atom. The molecule has 2 unspecified atom stereocenters. The molecule has 3 heteroatoms. The Balaban J connectivity index is 2.84. The molecule has 1 aromatic rings. The molecule has 1 aromatic carbocycles. The van der Waals surface area contributed by atoms with Gasteiger partial charge in [-0.05, 0) is 33.4 Å². The third kappa shape index (κ3) is 3.66. The molecule has 1 N–H and O–H groups in total. The average Bonchev–Trinajstić information content (AvgIpc) is 2.30. The molecule has 3 nitrogen and oxygen atoms in total. The standard InChI is InChI=1S/C13H20N2O/c1-10(2)15-16-13(11(3)14-4)12-8-6-5-7-9-12/h5-9,11,13-14H,1-4H3. The van der Waals surface area contributed by atoms with Crippen molar-refractivity contribution in [3.05, 3.63) is 35.9 Å². The van der Waals surface area contributed by atoms with Gasteiger partial charge in [0.15, 0.2) is 6.10 Å². The Morgan fingerprint density at radius 2 is 1.88 bits per heavy atom. The summed E-state index contributed by atoms with van der Waals surface area (Å²) in [6, 6.07) is 10.3. The van der Waals surface area contributed by atoms with Crippen molar-refractivity contribution in [3.8, 4) is 0 Å². The SMILES string of the molecule is CNC(C)C(ON=C(C)C)c1ccccc1. The molecule has 0 saturated heterocycles. The molecule has 0 aliphatic carbocycles. The fraction of sp³-hybridized carbons (Fsp3) is 0.462. The largest absolute Gasteiger partial charge is 0.386 e. The summed E-state index contributed by atoms with van der Waals surface area (Å²) in [6.07, 6.45) is -0.0545. The number of rotatable bonds is 5. The monoisotopic (exact) mass is 220 g/mol. The first-order valence-electron chi connectivity index (χ1n) is 5.54. The fourth-order valence-corrected chi connectivity index (χ4v) is 1.40. The van der Waals surface area contributed by atoms with E-state index < -0.39 is 0 Å². The first kappa shape index (κ1) is 12.7. The summed E-state index contributed by atoms with van der Waals surface area (Å²) in [4.78, 5) is 5.57. The zero-order valence-corrected chi connectivity index (χ0v) is 10.4. The van der Waals surface area contributed by atoms with Crippen LogP contribution in [0, 0.1) is 0 Å². The van der Waals surface area contributed by atoms with Crippen LogP contribution in [0.2, 0.25) is 0 Å². The van der Waals surface area contributed by atoms with Crippen molar-refractivity contribution in [3.63, 3.8) is 0 Å². The van der Waals surface area contributed by atoms with Crippen LogP contribution >= 0.6 is 0 Å². The van der Waals surface area contributed by atoms with Crippen molar-refractivity contribution in [2.45, 2.75) is 32.9 Å². The predicted octanol–water partition coefficient (Wildman–Crippen LogP) is 2.75. The summed E-state index contributed by atoms with van der Waals surface area (Å²) in [5.41, 5.74) is 2.05. The van der Waals surface area contributed by atoms with E-state index in [4.69, 9.17) is 4.84 Å². The molecule has 1 rings (SSSR count). The van der Waals surface area contributed by atoms with Gasteiger partial charge in [0.25, 0.3) is 0 Å². The molecule has 0 heterocycles. The quantitative estimate of drug-likeness (QED) is 0.611. The molecule has 0 aliphatic heterocycles. The smallest absolute Gasteiger partial charge is 0.167 e. The van der Waals surface area contributed by atoms with Crippen LogP contribution in [0.3, 0.4) is 0 Å². The summed E-state index contributed by atoms with van der Waals surface area (Å²) >= 11 is 0. The van der Waals surface area contributed by atoms with Gasteiger partial charge in [0.2, 0.25) is 0 Å². The summed E-state index contributed by atoms with van der Waals surface area (Å²) in [5, 5.41) is 7.24. The van der Waals surface area contributed by atoms with E-state index in [1.54, 1.807) is 0 Å². The van der Waals surface area contributed by atoms with E-state index in [1.807, 2.05) is 39.1 Å². The molecular formula is C13H20N2O. The lowest BCUT2D eigenvalue weighted by Crippen LogP contribution is -2.29. The minimum Gasteiger partial charge on any atom is -0.386 e. The lowest BCUT2D eigenvalue weighted by atomic mass is 10.0. The summed E-state index contributed by atoms with van der Waals surface area (Å²) in [5.74, 6) is 0. The molecule has 0 aliphatic rings. The van der Waals surface area contributed by atoms with Crippen molar-refractivity contribution < 1.29 is 4.84 Å². The lowest BCUT2D eigenvalue weighted by Gasteiger charge is -2.22. The van der Waals surface area contributed by atoms with Gasteiger partial charge in [-0.25, -0.2) is 0 Å². The zero-order chi connectivity index (χ0) is 12.0. The number of hydrogen-bond acceptors (Lipinski definition) is 3. The maximum atomic E-state index is 5.57. The van der Waals surface area contributed by atoms with Crippen LogP contribution in [0.5, 0.6) is 0 Å². The highest BCUT2D eigenvalue weighted by Crippen LogP contribution is 2.21. The summed E-state index contributed by atoms with van der Waals surface area (Å²) in [6.45, 7) is 5.93. The normalized spacial score (nSPS) is 14.0. The molecule has 0 aromatic heterocycles. The zero-order valence-electron chi connectivity index (χ0n) is 10.4. The highest BCUT2D eigenvalue weighted by molar-refractivity contribution is 5.78. The summed E-state index contributed by atoms with van der Waals surface area (Å²) in [7, 11) is 1.92. The van der Waals surface area contributed by atoms with Crippen LogP contribution in [0.25, 0.3) is 0 Å². The third-order valence-corrected chi connectivity index (χ3v) is 2.39. The van der Waals surface area contributed by atoms with E-state index in [1.165, 1.54) is 0 Å². The van der Waals surface area contributed by atoms with Crippen LogP contribution < -0.4 is 5.32 Å². The van der Waals surface area contributed by atoms with Gasteiger partial charge in [0.05, 0.1) is 5.71 Å². The van der Waals surface area contributed by atoms with E-state index >= 15 is 0 Å². The van der Waals surface area contributed by atoms with E-state index in [0.29, 0.717) is 0 Å². The van der Waals surface area contributed by atoms with Crippen molar-refractivity contribution in [1.82, 2.24) is 5.32 Å².